The van der Waals surface area contributed by atoms with Crippen LogP contribution in [-0.2, 0) is 4.74 Å². The van der Waals surface area contributed by atoms with Gasteiger partial charge in [-0.1, -0.05) is 0 Å². The summed E-state index contributed by atoms with van der Waals surface area (Å²) < 4.78 is 5.41. The molecule has 1 aliphatic heterocycles. The highest BCUT2D eigenvalue weighted by molar-refractivity contribution is 5.69. The van der Waals surface area contributed by atoms with Crippen molar-refractivity contribution < 1.29 is 9.53 Å². The molecule has 1 saturated heterocycles. The van der Waals surface area contributed by atoms with E-state index in [0.29, 0.717) is 12.0 Å². The second-order valence-electron chi connectivity index (χ2n) is 6.02. The number of nitrogens with two attached hydrogens (primary N) is 1. The van der Waals surface area contributed by atoms with Crippen molar-refractivity contribution in [1.82, 2.24) is 4.90 Å². The van der Waals surface area contributed by atoms with Crippen LogP contribution >= 0.6 is 0 Å². The lowest BCUT2D eigenvalue weighted by molar-refractivity contribution is 0.0217. The van der Waals surface area contributed by atoms with E-state index in [1.807, 2.05) is 25.7 Å². The van der Waals surface area contributed by atoms with Gasteiger partial charge in [-0.15, -0.1) is 0 Å². The zero-order chi connectivity index (χ0) is 11.9. The smallest absolute Gasteiger partial charge is 0.410 e. The maximum Gasteiger partial charge on any atom is 0.410 e. The summed E-state index contributed by atoms with van der Waals surface area (Å²) in [7, 11) is 0. The van der Waals surface area contributed by atoms with Gasteiger partial charge in [-0.25, -0.2) is 4.79 Å². The van der Waals surface area contributed by atoms with Crippen molar-refractivity contribution in [2.24, 2.45) is 11.7 Å². The summed E-state index contributed by atoms with van der Waals surface area (Å²) in [6.45, 7) is 6.54. The summed E-state index contributed by atoms with van der Waals surface area (Å²) in [5, 5.41) is 0. The normalized spacial score (nSPS) is 34.0. The Morgan fingerprint density at radius 1 is 1.38 bits per heavy atom. The number of carbonyl (C=O) groups excluding carboxylic acids is 1. The molecule has 0 aromatic rings. The summed E-state index contributed by atoms with van der Waals surface area (Å²) in [4.78, 5) is 13.9. The van der Waals surface area contributed by atoms with Crippen LogP contribution in [-0.4, -0.2) is 35.2 Å². The minimum Gasteiger partial charge on any atom is -0.444 e. The van der Waals surface area contributed by atoms with Gasteiger partial charge in [-0.05, 0) is 46.0 Å². The Bertz CT molecular complexity index is 285. The van der Waals surface area contributed by atoms with Gasteiger partial charge in [-0.2, -0.15) is 0 Å². The number of nitrogens with zero attached hydrogens (tertiary/aromatic N) is 1. The van der Waals surface area contributed by atoms with Crippen LogP contribution in [0.15, 0.2) is 0 Å². The lowest BCUT2D eigenvalue weighted by Gasteiger charge is -2.28. The SMILES string of the molecule is CC(C)(C)OC(=O)N1CCC2CC(N)CC21. The average molecular weight is 226 g/mol. The quantitative estimate of drug-likeness (QED) is 0.684. The van der Waals surface area contributed by atoms with E-state index in [0.717, 1.165) is 25.8 Å². The zero-order valence-electron chi connectivity index (χ0n) is 10.4. The maximum absolute atomic E-state index is 12.0. The standard InChI is InChI=1S/C12H22N2O2/c1-12(2,3)16-11(15)14-5-4-8-6-9(13)7-10(8)14/h8-10H,4-7,13H2,1-3H3. The van der Waals surface area contributed by atoms with Crippen LogP contribution in [0.1, 0.15) is 40.0 Å². The summed E-state index contributed by atoms with van der Waals surface area (Å²) in [6, 6.07) is 0.588. The van der Waals surface area contributed by atoms with Crippen LogP contribution in [0.3, 0.4) is 0 Å². The molecule has 4 nitrogen and oxygen atoms in total. The monoisotopic (exact) mass is 226 g/mol. The Hall–Kier alpha value is -0.770. The van der Waals surface area contributed by atoms with Crippen molar-refractivity contribution in [2.45, 2.75) is 57.7 Å². The second kappa shape index (κ2) is 3.91. The van der Waals surface area contributed by atoms with Crippen molar-refractivity contribution >= 4 is 6.09 Å². The zero-order valence-corrected chi connectivity index (χ0v) is 10.4. The largest absolute Gasteiger partial charge is 0.444 e. The molecule has 0 spiro atoms. The molecule has 0 bridgehead atoms. The van der Waals surface area contributed by atoms with E-state index in [1.165, 1.54) is 0 Å². The minimum atomic E-state index is -0.407. The van der Waals surface area contributed by atoms with Gasteiger partial charge in [0.2, 0.25) is 0 Å². The number of fused-ring (bicyclic) bond motifs is 1. The van der Waals surface area contributed by atoms with Crippen molar-refractivity contribution in [3.05, 3.63) is 0 Å². The lowest BCUT2D eigenvalue weighted by Crippen LogP contribution is -2.40. The summed E-state index contributed by atoms with van der Waals surface area (Å²) >= 11 is 0. The molecule has 2 fully saturated rings. The summed E-state index contributed by atoms with van der Waals surface area (Å²) in [5.41, 5.74) is 5.53. The first-order chi connectivity index (χ1) is 7.37. The minimum absolute atomic E-state index is 0.172. The predicted octanol–water partition coefficient (Wildman–Crippen LogP) is 1.73. The molecule has 2 rings (SSSR count). The van der Waals surface area contributed by atoms with Crippen molar-refractivity contribution in [2.75, 3.05) is 6.54 Å². The first-order valence-electron chi connectivity index (χ1n) is 6.12. The van der Waals surface area contributed by atoms with Gasteiger partial charge in [-0.3, -0.25) is 0 Å². The average Bonchev–Trinajstić information content (AvgIpc) is 2.58. The van der Waals surface area contributed by atoms with Crippen molar-refractivity contribution in [3.63, 3.8) is 0 Å². The van der Waals surface area contributed by atoms with E-state index < -0.39 is 5.60 Å². The fraction of sp³-hybridized carbons (Fsp3) is 0.917. The van der Waals surface area contributed by atoms with Crippen LogP contribution in [0, 0.1) is 5.92 Å². The molecule has 4 heteroatoms. The predicted molar refractivity (Wildman–Crippen MR) is 62.0 cm³/mol. The molecule has 16 heavy (non-hydrogen) atoms. The Labute approximate surface area is 97.1 Å². The third-order valence-corrected chi connectivity index (χ3v) is 3.46. The molecule has 0 aromatic carbocycles. The molecule has 2 N–H and O–H groups in total. The molecule has 1 amide bonds. The van der Waals surface area contributed by atoms with Gasteiger partial charge in [0, 0.05) is 18.6 Å². The third kappa shape index (κ3) is 2.32. The number of rotatable bonds is 0. The molecule has 3 unspecified atom stereocenters. The fourth-order valence-corrected chi connectivity index (χ4v) is 2.85. The van der Waals surface area contributed by atoms with Gasteiger partial charge in [0.1, 0.15) is 5.60 Å². The highest BCUT2D eigenvalue weighted by Gasteiger charge is 2.44. The number of likely N-dealkylation sites (tertiary alicyclic amines) is 1. The van der Waals surface area contributed by atoms with E-state index in [2.05, 4.69) is 0 Å². The summed E-state index contributed by atoms with van der Waals surface area (Å²) in [5.74, 6) is 0.600. The van der Waals surface area contributed by atoms with Crippen molar-refractivity contribution in [1.29, 1.82) is 0 Å². The maximum atomic E-state index is 12.0. The molecule has 1 aliphatic carbocycles. The van der Waals surface area contributed by atoms with Crippen LogP contribution in [0.4, 0.5) is 4.79 Å². The number of ether oxygens (including phenoxy) is 1. The van der Waals surface area contributed by atoms with Gasteiger partial charge in [0.05, 0.1) is 0 Å². The molecule has 3 atom stereocenters. The van der Waals surface area contributed by atoms with Crippen LogP contribution < -0.4 is 5.73 Å². The van der Waals surface area contributed by atoms with Crippen LogP contribution in [0.25, 0.3) is 0 Å². The molecule has 0 aromatic heterocycles. The molecule has 0 radical (unpaired) electrons. The number of amides is 1. The van der Waals surface area contributed by atoms with Crippen LogP contribution in [0.2, 0.25) is 0 Å². The third-order valence-electron chi connectivity index (χ3n) is 3.46. The highest BCUT2D eigenvalue weighted by atomic mass is 16.6. The number of hydrogen-bond donors (Lipinski definition) is 1. The van der Waals surface area contributed by atoms with Gasteiger partial charge < -0.3 is 15.4 Å². The van der Waals surface area contributed by atoms with Crippen molar-refractivity contribution in [3.8, 4) is 0 Å². The summed E-state index contributed by atoms with van der Waals surface area (Å²) in [6.07, 6.45) is 2.90. The van der Waals surface area contributed by atoms with Gasteiger partial charge in [0.15, 0.2) is 0 Å². The first-order valence-corrected chi connectivity index (χ1v) is 6.12. The molecule has 1 saturated carbocycles. The van der Waals surface area contributed by atoms with Gasteiger partial charge >= 0.3 is 6.09 Å². The molecular formula is C12H22N2O2. The van der Waals surface area contributed by atoms with Gasteiger partial charge in [0.25, 0.3) is 0 Å². The van der Waals surface area contributed by atoms with E-state index >= 15 is 0 Å². The van der Waals surface area contributed by atoms with E-state index in [1.54, 1.807) is 0 Å². The lowest BCUT2D eigenvalue weighted by atomic mass is 10.0. The Morgan fingerprint density at radius 3 is 2.69 bits per heavy atom. The van der Waals surface area contributed by atoms with E-state index in [4.69, 9.17) is 10.5 Å². The second-order valence-corrected chi connectivity index (χ2v) is 6.02. The molecule has 1 heterocycles. The first kappa shape index (κ1) is 11.7. The Morgan fingerprint density at radius 2 is 2.06 bits per heavy atom. The Balaban J connectivity index is 1.98. The highest BCUT2D eigenvalue weighted by Crippen LogP contribution is 2.37. The topological polar surface area (TPSA) is 55.6 Å². The van der Waals surface area contributed by atoms with Crippen LogP contribution in [0.5, 0.6) is 0 Å². The molecular weight excluding hydrogens is 204 g/mol. The molecule has 92 valence electrons. The van der Waals surface area contributed by atoms with E-state index in [9.17, 15) is 4.79 Å². The molecule has 2 aliphatic rings. The Kier molecular flexibility index (Phi) is 2.86. The number of hydrogen-bond acceptors (Lipinski definition) is 3. The fourth-order valence-electron chi connectivity index (χ4n) is 2.85. The van der Waals surface area contributed by atoms with E-state index in [-0.39, 0.29) is 12.1 Å². The number of carbonyl (C=O) groups is 1.